The molecule has 0 fully saturated rings. The molecule has 0 N–H and O–H groups in total. The van der Waals surface area contributed by atoms with E-state index in [4.69, 9.17) is 0 Å². The molecule has 0 bridgehead atoms. The van der Waals surface area contributed by atoms with Gasteiger partial charge in [0.2, 0.25) is 0 Å². The summed E-state index contributed by atoms with van der Waals surface area (Å²) in [7, 11) is -0.820. The third-order valence-corrected chi connectivity index (χ3v) is 12.2. The Morgan fingerprint density at radius 1 is 0.391 bits per heavy atom. The van der Waals surface area contributed by atoms with Gasteiger partial charge in [-0.1, -0.05) is 142 Å². The van der Waals surface area contributed by atoms with Gasteiger partial charge in [-0.05, 0) is 0 Å². The summed E-state index contributed by atoms with van der Waals surface area (Å²) >= 11 is 0. The van der Waals surface area contributed by atoms with E-state index in [1.54, 1.807) is 6.04 Å². The molecule has 0 spiro atoms. The molecule has 23 heavy (non-hydrogen) atoms. The largest absolute Gasteiger partial charge is 0.0678 e. The van der Waals surface area contributed by atoms with Crippen molar-refractivity contribution < 1.29 is 0 Å². The first-order valence-corrected chi connectivity index (χ1v) is 14.1. The highest BCUT2D eigenvalue weighted by Crippen LogP contribution is 2.27. The molecular weight excluding hydrogens is 292 g/mol. The smallest absolute Gasteiger partial charge is 0.0527 e. The second-order valence-electron chi connectivity index (χ2n) is 7.91. The first-order valence-electron chi connectivity index (χ1n) is 11.2. The highest BCUT2D eigenvalue weighted by atomic mass is 28.3. The lowest BCUT2D eigenvalue weighted by molar-refractivity contribution is 0.538. The number of hydrogen-bond acceptors (Lipinski definition) is 0. The van der Waals surface area contributed by atoms with Gasteiger partial charge in [-0.15, -0.1) is 0 Å². The summed E-state index contributed by atoms with van der Waals surface area (Å²) < 4.78 is 0. The van der Waals surface area contributed by atoms with Gasteiger partial charge in [0.1, 0.15) is 0 Å². The maximum Gasteiger partial charge on any atom is 0.0527 e. The molecule has 0 aliphatic heterocycles. The first-order chi connectivity index (χ1) is 11.2. The van der Waals surface area contributed by atoms with Crippen molar-refractivity contribution in [3.8, 4) is 0 Å². The lowest BCUT2D eigenvalue weighted by Crippen LogP contribution is -2.30. The predicted molar refractivity (Wildman–Crippen MR) is 112 cm³/mol. The van der Waals surface area contributed by atoms with Crippen LogP contribution in [-0.4, -0.2) is 8.07 Å². The molecule has 0 aliphatic rings. The Balaban J connectivity index is 3.25. The minimum absolute atomic E-state index is 0.820. The summed E-state index contributed by atoms with van der Waals surface area (Å²) in [5.41, 5.74) is 0. The average Bonchev–Trinajstić information content (AvgIpc) is 2.59. The van der Waals surface area contributed by atoms with Crippen LogP contribution in [0.1, 0.15) is 118 Å². The second kappa shape index (κ2) is 17.1. The fraction of sp³-hybridized carbons (Fsp3) is 1.00. The topological polar surface area (TPSA) is 0 Å². The molecule has 0 atom stereocenters. The van der Waals surface area contributed by atoms with Crippen molar-refractivity contribution in [2.24, 2.45) is 0 Å². The van der Waals surface area contributed by atoms with Gasteiger partial charge in [-0.3, -0.25) is 0 Å². The molecule has 1 heteroatoms. The number of unbranched alkanes of at least 4 members (excludes halogenated alkanes) is 13. The van der Waals surface area contributed by atoms with Gasteiger partial charge in [0.25, 0.3) is 0 Å². The minimum Gasteiger partial charge on any atom is -0.0678 e. The highest BCUT2D eigenvalue weighted by molar-refractivity contribution is 6.79. The van der Waals surface area contributed by atoms with E-state index in [2.05, 4.69) is 27.7 Å². The van der Waals surface area contributed by atoms with Gasteiger partial charge >= 0.3 is 0 Å². The fourth-order valence-electron chi connectivity index (χ4n) is 3.97. The molecule has 0 heterocycles. The molecule has 0 unspecified atom stereocenters. The minimum atomic E-state index is -0.820. The molecule has 0 aromatic rings. The van der Waals surface area contributed by atoms with Crippen LogP contribution in [-0.2, 0) is 0 Å². The van der Waals surface area contributed by atoms with Gasteiger partial charge in [0, 0.05) is 0 Å². The van der Waals surface area contributed by atoms with Gasteiger partial charge in [0.15, 0.2) is 0 Å². The Kier molecular flexibility index (Phi) is 17.2. The molecule has 140 valence electrons. The van der Waals surface area contributed by atoms with Crippen molar-refractivity contribution in [2.45, 2.75) is 142 Å². The first kappa shape index (κ1) is 23.2. The van der Waals surface area contributed by atoms with Gasteiger partial charge in [-0.25, -0.2) is 0 Å². The van der Waals surface area contributed by atoms with Crippen LogP contribution in [0, 0.1) is 0 Å². The van der Waals surface area contributed by atoms with E-state index in [1.807, 2.05) is 0 Å². The van der Waals surface area contributed by atoms with Crippen LogP contribution in [0.2, 0.25) is 24.2 Å². The number of rotatable bonds is 18. The molecule has 0 nitrogen and oxygen atoms in total. The number of hydrogen-bond donors (Lipinski definition) is 0. The molecule has 0 saturated heterocycles. The lowest BCUT2D eigenvalue weighted by atomic mass is 10.0. The van der Waals surface area contributed by atoms with E-state index in [1.165, 1.54) is 108 Å². The SMILES string of the molecule is CCCCCCCCCCCCCCCC[Si](CC)(CC)CC. The Morgan fingerprint density at radius 2 is 0.696 bits per heavy atom. The third-order valence-electron chi connectivity index (χ3n) is 6.31. The molecule has 0 aromatic heterocycles. The Hall–Kier alpha value is 0.217. The van der Waals surface area contributed by atoms with Crippen LogP contribution in [0.15, 0.2) is 0 Å². The van der Waals surface area contributed by atoms with E-state index in [0.29, 0.717) is 0 Å². The van der Waals surface area contributed by atoms with Crippen molar-refractivity contribution >= 4 is 8.07 Å². The predicted octanol–water partition coefficient (Wildman–Crippen LogP) is 8.98. The van der Waals surface area contributed by atoms with Crippen molar-refractivity contribution in [1.29, 1.82) is 0 Å². The highest BCUT2D eigenvalue weighted by Gasteiger charge is 2.25. The standard InChI is InChI=1S/C22H48Si/c1-5-9-10-11-12-13-14-15-16-17-18-19-20-21-22-23(6-2,7-3)8-4/h5-22H2,1-4H3. The molecule has 0 radical (unpaired) electrons. The lowest BCUT2D eigenvalue weighted by Gasteiger charge is -2.28. The summed E-state index contributed by atoms with van der Waals surface area (Å²) in [6.45, 7) is 9.64. The van der Waals surface area contributed by atoms with Crippen LogP contribution in [0.25, 0.3) is 0 Å². The van der Waals surface area contributed by atoms with Gasteiger partial charge < -0.3 is 0 Å². The van der Waals surface area contributed by atoms with E-state index in [0.717, 1.165) is 0 Å². The Labute approximate surface area is 150 Å². The fourth-order valence-corrected chi connectivity index (χ4v) is 7.54. The molecule has 0 amide bonds. The van der Waals surface area contributed by atoms with Gasteiger partial charge in [0.05, 0.1) is 8.07 Å². The van der Waals surface area contributed by atoms with Crippen LogP contribution in [0.3, 0.4) is 0 Å². The van der Waals surface area contributed by atoms with Crippen molar-refractivity contribution in [3.63, 3.8) is 0 Å². The maximum absolute atomic E-state index is 2.45. The zero-order valence-electron chi connectivity index (χ0n) is 17.2. The zero-order valence-corrected chi connectivity index (χ0v) is 18.2. The van der Waals surface area contributed by atoms with Gasteiger partial charge in [-0.2, -0.15) is 0 Å². The van der Waals surface area contributed by atoms with Crippen LogP contribution < -0.4 is 0 Å². The molecule has 0 saturated carbocycles. The molecule has 0 aromatic carbocycles. The van der Waals surface area contributed by atoms with Crippen molar-refractivity contribution in [2.75, 3.05) is 0 Å². The van der Waals surface area contributed by atoms with Crippen LogP contribution in [0.5, 0.6) is 0 Å². The molecule has 0 rings (SSSR count). The van der Waals surface area contributed by atoms with E-state index in [-0.39, 0.29) is 0 Å². The summed E-state index contributed by atoms with van der Waals surface area (Å²) in [5.74, 6) is 0. The molecular formula is C22H48Si. The Morgan fingerprint density at radius 3 is 1.00 bits per heavy atom. The summed E-state index contributed by atoms with van der Waals surface area (Å²) in [6, 6.07) is 6.14. The van der Waals surface area contributed by atoms with Crippen LogP contribution >= 0.6 is 0 Å². The summed E-state index contributed by atoms with van der Waals surface area (Å²) in [4.78, 5) is 0. The van der Waals surface area contributed by atoms with E-state index in [9.17, 15) is 0 Å². The monoisotopic (exact) mass is 340 g/mol. The summed E-state index contributed by atoms with van der Waals surface area (Å²) in [6.07, 6.45) is 20.7. The quantitative estimate of drug-likeness (QED) is 0.172. The van der Waals surface area contributed by atoms with E-state index < -0.39 is 8.07 Å². The zero-order chi connectivity index (χ0) is 17.2. The second-order valence-corrected chi connectivity index (χ2v) is 13.5. The van der Waals surface area contributed by atoms with Crippen molar-refractivity contribution in [3.05, 3.63) is 0 Å². The third kappa shape index (κ3) is 13.2. The van der Waals surface area contributed by atoms with Crippen LogP contribution in [0.4, 0.5) is 0 Å². The Bertz CT molecular complexity index is 212. The molecule has 0 aliphatic carbocycles. The average molecular weight is 341 g/mol. The van der Waals surface area contributed by atoms with E-state index >= 15 is 0 Å². The normalized spacial score (nSPS) is 12.0. The van der Waals surface area contributed by atoms with Crippen molar-refractivity contribution in [1.82, 2.24) is 0 Å². The maximum atomic E-state index is 2.45. The summed E-state index contributed by atoms with van der Waals surface area (Å²) in [5, 5.41) is 0.